The van der Waals surface area contributed by atoms with E-state index in [2.05, 4.69) is 5.32 Å². The van der Waals surface area contributed by atoms with Crippen LogP contribution in [-0.2, 0) is 11.2 Å². The smallest absolute Gasteiger partial charge is 0.246 e. The minimum absolute atomic E-state index is 0.00528. The van der Waals surface area contributed by atoms with E-state index in [-0.39, 0.29) is 12.5 Å². The van der Waals surface area contributed by atoms with Crippen LogP contribution in [0.5, 0.6) is 17.2 Å². The molecule has 2 aromatic rings. The summed E-state index contributed by atoms with van der Waals surface area (Å²) in [5, 5.41) is 3.65. The molecule has 0 atom stereocenters. The van der Waals surface area contributed by atoms with Gasteiger partial charge in [0.05, 0.1) is 37.6 Å². The average Bonchev–Trinajstić information content (AvgIpc) is 2.95. The molecule has 0 saturated heterocycles. The number of hydrogen-bond donors (Lipinski definition) is 1. The Morgan fingerprint density at radius 1 is 1.18 bits per heavy atom. The standard InChI is InChI=1S/C21H23ClN2O4/c1-26-15-5-6-18-14(10-15)4-2-7-24(18)21(25)13-23-17-12-20-19(11-16(17)22)27-8-3-9-28-20/h5-6,10-12,23H,2-4,7-9,13H2,1H3. The number of halogens is 1. The Bertz CT molecular complexity index is 887. The molecule has 2 heterocycles. The van der Waals surface area contributed by atoms with E-state index in [4.69, 9.17) is 25.8 Å². The second kappa shape index (κ2) is 8.19. The number of amides is 1. The predicted molar refractivity (Wildman–Crippen MR) is 109 cm³/mol. The lowest BCUT2D eigenvalue weighted by atomic mass is 10.0. The molecule has 1 N–H and O–H groups in total. The van der Waals surface area contributed by atoms with Crippen LogP contribution in [0.3, 0.4) is 0 Å². The maximum atomic E-state index is 12.9. The molecule has 0 unspecified atom stereocenters. The van der Waals surface area contributed by atoms with E-state index in [1.165, 1.54) is 0 Å². The Labute approximate surface area is 169 Å². The van der Waals surface area contributed by atoms with Crippen molar-refractivity contribution in [1.29, 1.82) is 0 Å². The van der Waals surface area contributed by atoms with Crippen LogP contribution < -0.4 is 24.4 Å². The van der Waals surface area contributed by atoms with Gasteiger partial charge in [0.1, 0.15) is 5.75 Å². The monoisotopic (exact) mass is 402 g/mol. The third-order valence-electron chi connectivity index (χ3n) is 4.97. The molecule has 2 aliphatic rings. The summed E-state index contributed by atoms with van der Waals surface area (Å²) >= 11 is 6.36. The number of benzene rings is 2. The quantitative estimate of drug-likeness (QED) is 0.840. The summed E-state index contributed by atoms with van der Waals surface area (Å²) in [6.45, 7) is 2.05. The number of ether oxygens (including phenoxy) is 3. The number of anilines is 2. The molecule has 2 aromatic carbocycles. The van der Waals surface area contributed by atoms with Gasteiger partial charge in [0, 0.05) is 30.8 Å². The predicted octanol–water partition coefficient (Wildman–Crippen LogP) is 3.90. The highest BCUT2D eigenvalue weighted by Crippen LogP contribution is 2.38. The molecule has 0 saturated carbocycles. The van der Waals surface area contributed by atoms with Crippen LogP contribution in [0.2, 0.25) is 5.02 Å². The molecule has 148 valence electrons. The van der Waals surface area contributed by atoms with Crippen molar-refractivity contribution in [2.24, 2.45) is 0 Å². The minimum Gasteiger partial charge on any atom is -0.497 e. The topological polar surface area (TPSA) is 60.0 Å². The molecule has 0 fully saturated rings. The highest BCUT2D eigenvalue weighted by Gasteiger charge is 2.23. The summed E-state index contributed by atoms with van der Waals surface area (Å²) in [5.41, 5.74) is 2.74. The summed E-state index contributed by atoms with van der Waals surface area (Å²) in [6, 6.07) is 9.37. The van der Waals surface area contributed by atoms with Crippen LogP contribution in [0.15, 0.2) is 30.3 Å². The third kappa shape index (κ3) is 3.83. The number of nitrogens with zero attached hydrogens (tertiary/aromatic N) is 1. The van der Waals surface area contributed by atoms with Gasteiger partial charge in [0.25, 0.3) is 0 Å². The van der Waals surface area contributed by atoms with Crippen molar-refractivity contribution < 1.29 is 19.0 Å². The van der Waals surface area contributed by atoms with E-state index in [1.54, 1.807) is 19.2 Å². The Morgan fingerprint density at radius 2 is 1.96 bits per heavy atom. The fourth-order valence-electron chi connectivity index (χ4n) is 3.55. The number of rotatable bonds is 4. The molecule has 0 radical (unpaired) electrons. The van der Waals surface area contributed by atoms with Gasteiger partial charge in [-0.1, -0.05) is 11.6 Å². The van der Waals surface area contributed by atoms with Crippen molar-refractivity contribution >= 4 is 28.9 Å². The SMILES string of the molecule is COc1ccc2c(c1)CCCN2C(=O)CNc1cc2c(cc1Cl)OCCCO2. The zero-order valence-electron chi connectivity index (χ0n) is 15.8. The van der Waals surface area contributed by atoms with Crippen molar-refractivity contribution in [1.82, 2.24) is 0 Å². The van der Waals surface area contributed by atoms with E-state index in [0.29, 0.717) is 42.0 Å². The van der Waals surface area contributed by atoms with Crippen LogP contribution in [-0.4, -0.2) is 39.3 Å². The van der Waals surface area contributed by atoms with Gasteiger partial charge in [-0.15, -0.1) is 0 Å². The van der Waals surface area contributed by atoms with Crippen LogP contribution >= 0.6 is 11.6 Å². The molecule has 0 spiro atoms. The third-order valence-corrected chi connectivity index (χ3v) is 5.29. The van der Waals surface area contributed by atoms with E-state index < -0.39 is 0 Å². The van der Waals surface area contributed by atoms with E-state index in [0.717, 1.165) is 36.3 Å². The van der Waals surface area contributed by atoms with Gasteiger partial charge in [-0.05, 0) is 36.6 Å². The van der Waals surface area contributed by atoms with Gasteiger partial charge in [-0.3, -0.25) is 4.79 Å². The lowest BCUT2D eigenvalue weighted by Crippen LogP contribution is -2.39. The Kier molecular flexibility index (Phi) is 5.48. The zero-order chi connectivity index (χ0) is 19.5. The lowest BCUT2D eigenvalue weighted by molar-refractivity contribution is -0.117. The Morgan fingerprint density at radius 3 is 2.75 bits per heavy atom. The molecular formula is C21H23ClN2O4. The number of methoxy groups -OCH3 is 1. The first-order chi connectivity index (χ1) is 13.7. The fraction of sp³-hybridized carbons (Fsp3) is 0.381. The highest BCUT2D eigenvalue weighted by molar-refractivity contribution is 6.33. The molecule has 6 nitrogen and oxygen atoms in total. The second-order valence-electron chi connectivity index (χ2n) is 6.83. The second-order valence-corrected chi connectivity index (χ2v) is 7.23. The van der Waals surface area contributed by atoms with Gasteiger partial charge >= 0.3 is 0 Å². The summed E-state index contributed by atoms with van der Waals surface area (Å²) in [4.78, 5) is 14.7. The number of nitrogens with one attached hydrogen (secondary N) is 1. The summed E-state index contributed by atoms with van der Waals surface area (Å²) in [6.07, 6.45) is 2.70. The molecule has 1 amide bonds. The van der Waals surface area contributed by atoms with Gasteiger partial charge in [0.2, 0.25) is 5.91 Å². The van der Waals surface area contributed by atoms with Crippen molar-refractivity contribution in [2.75, 3.05) is 43.6 Å². The number of fused-ring (bicyclic) bond motifs is 2. The molecule has 0 aliphatic carbocycles. The summed E-state index contributed by atoms with van der Waals surface area (Å²) in [7, 11) is 1.65. The minimum atomic E-state index is -0.00528. The summed E-state index contributed by atoms with van der Waals surface area (Å²) < 4.78 is 16.6. The molecule has 28 heavy (non-hydrogen) atoms. The first-order valence-electron chi connectivity index (χ1n) is 9.46. The van der Waals surface area contributed by atoms with Crippen LogP contribution in [0.4, 0.5) is 11.4 Å². The van der Waals surface area contributed by atoms with Gasteiger partial charge in [-0.25, -0.2) is 0 Å². The van der Waals surface area contributed by atoms with E-state index in [1.807, 2.05) is 23.1 Å². The number of hydrogen-bond acceptors (Lipinski definition) is 5. The van der Waals surface area contributed by atoms with Gasteiger partial charge in [0.15, 0.2) is 11.5 Å². The Hall–Kier alpha value is -2.60. The molecule has 2 aliphatic heterocycles. The Balaban J connectivity index is 1.48. The molecule has 0 bridgehead atoms. The van der Waals surface area contributed by atoms with Crippen LogP contribution in [0.1, 0.15) is 18.4 Å². The zero-order valence-corrected chi connectivity index (χ0v) is 16.6. The van der Waals surface area contributed by atoms with Crippen molar-refractivity contribution in [3.8, 4) is 17.2 Å². The summed E-state index contributed by atoms with van der Waals surface area (Å²) in [5.74, 6) is 2.09. The fourth-order valence-corrected chi connectivity index (χ4v) is 3.77. The first-order valence-corrected chi connectivity index (χ1v) is 9.84. The first kappa shape index (κ1) is 18.7. The molecule has 4 rings (SSSR count). The van der Waals surface area contributed by atoms with Crippen LogP contribution in [0.25, 0.3) is 0 Å². The largest absolute Gasteiger partial charge is 0.497 e. The average molecular weight is 403 g/mol. The van der Waals surface area contributed by atoms with Gasteiger partial charge < -0.3 is 24.4 Å². The van der Waals surface area contributed by atoms with E-state index in [9.17, 15) is 4.79 Å². The van der Waals surface area contributed by atoms with Crippen LogP contribution in [0, 0.1) is 0 Å². The number of carbonyl (C=O) groups is 1. The highest BCUT2D eigenvalue weighted by atomic mass is 35.5. The maximum Gasteiger partial charge on any atom is 0.246 e. The molecular weight excluding hydrogens is 380 g/mol. The van der Waals surface area contributed by atoms with Crippen molar-refractivity contribution in [3.05, 3.63) is 40.9 Å². The lowest BCUT2D eigenvalue weighted by Gasteiger charge is -2.30. The molecule has 7 heteroatoms. The van der Waals surface area contributed by atoms with E-state index >= 15 is 0 Å². The number of aryl methyl sites for hydroxylation is 1. The molecule has 0 aromatic heterocycles. The van der Waals surface area contributed by atoms with Gasteiger partial charge in [-0.2, -0.15) is 0 Å². The van der Waals surface area contributed by atoms with Crippen molar-refractivity contribution in [2.45, 2.75) is 19.3 Å². The van der Waals surface area contributed by atoms with Crippen molar-refractivity contribution in [3.63, 3.8) is 0 Å². The normalized spacial score (nSPS) is 15.4. The maximum absolute atomic E-state index is 12.9. The number of carbonyl (C=O) groups excluding carboxylic acids is 1.